The van der Waals surface area contributed by atoms with E-state index < -0.39 is 0 Å². The molecular formula is C19H18I4O3. The van der Waals surface area contributed by atoms with Gasteiger partial charge in [-0.2, -0.15) is 0 Å². The molecule has 0 fully saturated rings. The van der Waals surface area contributed by atoms with Gasteiger partial charge in [0.1, 0.15) is 23.0 Å². The minimum Gasteiger partial charge on any atom is -0.506 e. The number of halogens is 4. The summed E-state index contributed by atoms with van der Waals surface area (Å²) in [4.78, 5) is 0. The van der Waals surface area contributed by atoms with Crippen molar-refractivity contribution in [2.75, 3.05) is 0 Å². The molecule has 0 aromatic heterocycles. The van der Waals surface area contributed by atoms with Crippen molar-refractivity contribution in [3.05, 3.63) is 37.5 Å². The van der Waals surface area contributed by atoms with Crippen LogP contribution in [0.3, 0.4) is 0 Å². The van der Waals surface area contributed by atoms with Crippen LogP contribution < -0.4 is 4.74 Å². The van der Waals surface area contributed by atoms with E-state index in [0.29, 0.717) is 0 Å². The maximum atomic E-state index is 10.4. The molecule has 3 rings (SSSR count). The van der Waals surface area contributed by atoms with Crippen molar-refractivity contribution in [2.24, 2.45) is 0 Å². The molecule has 0 saturated carbocycles. The molecule has 26 heavy (non-hydrogen) atoms. The second-order valence-electron chi connectivity index (χ2n) is 6.38. The molecule has 1 aliphatic rings. The summed E-state index contributed by atoms with van der Waals surface area (Å²) < 4.78 is 9.40. The Morgan fingerprint density at radius 1 is 0.846 bits per heavy atom. The first-order valence-corrected chi connectivity index (χ1v) is 12.8. The second-order valence-corrected chi connectivity index (χ2v) is 10.9. The predicted octanol–water partition coefficient (Wildman–Crippen LogP) is 7.72. The van der Waals surface area contributed by atoms with E-state index in [2.05, 4.69) is 97.3 Å². The van der Waals surface area contributed by atoms with Crippen LogP contribution in [0.2, 0.25) is 0 Å². The quantitative estimate of drug-likeness (QED) is 0.241. The number of hydrogen-bond acceptors (Lipinski definition) is 3. The molecule has 1 aliphatic heterocycles. The van der Waals surface area contributed by atoms with E-state index in [-0.39, 0.29) is 17.4 Å². The van der Waals surface area contributed by atoms with Crippen LogP contribution in [0.25, 0.3) is 0 Å². The number of unbranched alkanes of at least 4 members (excludes halogenated alkanes) is 3. The lowest BCUT2D eigenvalue weighted by molar-refractivity contribution is 0.407. The third kappa shape index (κ3) is 4.05. The maximum absolute atomic E-state index is 10.4. The van der Waals surface area contributed by atoms with Gasteiger partial charge in [0.05, 0.1) is 14.3 Å². The maximum Gasteiger partial charge on any atom is 0.148 e. The highest BCUT2D eigenvalue weighted by Crippen LogP contribution is 2.54. The number of phenols is 2. The second kappa shape index (κ2) is 9.06. The van der Waals surface area contributed by atoms with Crippen molar-refractivity contribution < 1.29 is 14.9 Å². The van der Waals surface area contributed by atoms with E-state index in [1.54, 1.807) is 0 Å². The van der Waals surface area contributed by atoms with Gasteiger partial charge in [-0.05, 0) is 109 Å². The van der Waals surface area contributed by atoms with E-state index in [1.807, 2.05) is 12.1 Å². The first kappa shape index (κ1) is 21.5. The van der Waals surface area contributed by atoms with Gasteiger partial charge in [0.25, 0.3) is 0 Å². The molecular weight excluding hydrogens is 784 g/mol. The van der Waals surface area contributed by atoms with Crippen LogP contribution in [-0.2, 0) is 0 Å². The lowest BCUT2D eigenvalue weighted by Crippen LogP contribution is -2.14. The van der Waals surface area contributed by atoms with Gasteiger partial charge in [-0.1, -0.05) is 32.6 Å². The minimum atomic E-state index is 0.218. The fraction of sp³-hybridized carbons (Fsp3) is 0.368. The number of phenolic OH excluding ortho intramolecular Hbond substituents is 2. The van der Waals surface area contributed by atoms with Crippen molar-refractivity contribution in [3.8, 4) is 23.0 Å². The molecule has 0 aliphatic carbocycles. The Bertz CT molecular complexity index is 788. The van der Waals surface area contributed by atoms with Crippen LogP contribution in [0.15, 0.2) is 12.1 Å². The molecule has 2 aromatic carbocycles. The summed E-state index contributed by atoms with van der Waals surface area (Å²) in [6.45, 7) is 2.22. The van der Waals surface area contributed by atoms with E-state index in [4.69, 9.17) is 4.74 Å². The van der Waals surface area contributed by atoms with Crippen molar-refractivity contribution in [1.29, 1.82) is 0 Å². The number of benzene rings is 2. The third-order valence-corrected chi connectivity index (χ3v) is 8.30. The van der Waals surface area contributed by atoms with E-state index in [9.17, 15) is 10.2 Å². The van der Waals surface area contributed by atoms with Crippen molar-refractivity contribution in [3.63, 3.8) is 0 Å². The van der Waals surface area contributed by atoms with Crippen LogP contribution in [-0.4, -0.2) is 10.2 Å². The van der Waals surface area contributed by atoms with Gasteiger partial charge >= 0.3 is 0 Å². The Morgan fingerprint density at radius 3 is 1.81 bits per heavy atom. The van der Waals surface area contributed by atoms with Crippen LogP contribution in [0.4, 0.5) is 0 Å². The first-order chi connectivity index (χ1) is 12.4. The number of fused-ring (bicyclic) bond motifs is 2. The molecule has 0 radical (unpaired) electrons. The number of ether oxygens (including phenoxy) is 1. The number of rotatable bonds is 5. The molecule has 140 valence electrons. The summed E-state index contributed by atoms with van der Waals surface area (Å²) in [6, 6.07) is 4.10. The summed E-state index contributed by atoms with van der Waals surface area (Å²) >= 11 is 8.67. The normalized spacial score (nSPS) is 13.3. The molecule has 0 bridgehead atoms. The fourth-order valence-corrected chi connectivity index (χ4v) is 6.97. The summed E-state index contributed by atoms with van der Waals surface area (Å²) in [5, 5.41) is 20.7. The van der Waals surface area contributed by atoms with Crippen molar-refractivity contribution in [2.45, 2.75) is 44.9 Å². The molecule has 0 amide bonds. The fourth-order valence-electron chi connectivity index (χ4n) is 3.30. The van der Waals surface area contributed by atoms with E-state index in [0.717, 1.165) is 49.7 Å². The van der Waals surface area contributed by atoms with Gasteiger partial charge in [0.15, 0.2) is 0 Å². The average molecular weight is 802 g/mol. The zero-order valence-electron chi connectivity index (χ0n) is 14.1. The Balaban J connectivity index is 2.13. The molecule has 0 atom stereocenters. The Morgan fingerprint density at radius 2 is 1.35 bits per heavy atom. The summed E-state index contributed by atoms with van der Waals surface area (Å²) in [5.74, 6) is 2.21. The average Bonchev–Trinajstić information content (AvgIpc) is 2.62. The molecule has 0 spiro atoms. The Hall–Kier alpha value is 0.760. The molecule has 0 saturated heterocycles. The monoisotopic (exact) mass is 802 g/mol. The van der Waals surface area contributed by atoms with Crippen LogP contribution in [0.1, 0.15) is 56.1 Å². The third-order valence-electron chi connectivity index (χ3n) is 4.66. The lowest BCUT2D eigenvalue weighted by Gasteiger charge is -2.31. The predicted molar refractivity (Wildman–Crippen MR) is 138 cm³/mol. The molecule has 2 aromatic rings. The highest BCUT2D eigenvalue weighted by atomic mass is 127. The topological polar surface area (TPSA) is 49.7 Å². The summed E-state index contributed by atoms with van der Waals surface area (Å²) in [5.41, 5.74) is 2.27. The van der Waals surface area contributed by atoms with Crippen LogP contribution in [0, 0.1) is 14.3 Å². The molecule has 3 nitrogen and oxygen atoms in total. The zero-order valence-corrected chi connectivity index (χ0v) is 22.7. The Kier molecular flexibility index (Phi) is 7.48. The molecule has 1 heterocycles. The summed E-state index contributed by atoms with van der Waals surface area (Å²) in [7, 11) is 0. The minimum absolute atomic E-state index is 0.218. The summed E-state index contributed by atoms with van der Waals surface area (Å²) in [6.07, 6.45) is 5.88. The van der Waals surface area contributed by atoms with Gasteiger partial charge < -0.3 is 14.9 Å². The van der Waals surface area contributed by atoms with Gasteiger partial charge in [-0.25, -0.2) is 0 Å². The highest BCUT2D eigenvalue weighted by molar-refractivity contribution is 14.1. The lowest BCUT2D eigenvalue weighted by atomic mass is 9.84. The molecule has 7 heteroatoms. The van der Waals surface area contributed by atoms with Gasteiger partial charge in [-0.3, -0.25) is 0 Å². The molecule has 2 N–H and O–H groups in total. The van der Waals surface area contributed by atoms with Gasteiger partial charge in [0, 0.05) is 17.0 Å². The SMILES string of the molecule is CCCCCCC1c2cc(I)c(O)c(I)c2Oc2c1cc(I)c(O)c2I. The van der Waals surface area contributed by atoms with Crippen LogP contribution in [0.5, 0.6) is 23.0 Å². The van der Waals surface area contributed by atoms with Gasteiger partial charge in [0.2, 0.25) is 0 Å². The van der Waals surface area contributed by atoms with Crippen LogP contribution >= 0.6 is 90.4 Å². The highest BCUT2D eigenvalue weighted by Gasteiger charge is 2.33. The largest absolute Gasteiger partial charge is 0.506 e. The first-order valence-electron chi connectivity index (χ1n) is 8.46. The Labute approximate surface area is 208 Å². The number of hydrogen-bond donors (Lipinski definition) is 2. The van der Waals surface area contributed by atoms with Crippen molar-refractivity contribution in [1.82, 2.24) is 0 Å². The van der Waals surface area contributed by atoms with Crippen molar-refractivity contribution >= 4 is 90.4 Å². The molecule has 0 unspecified atom stereocenters. The standard InChI is InChI=1S/C19H18I4O3/c1-2-3-4-5-6-9-10-7-12(20)16(24)14(22)18(10)26-19-11(9)8-13(21)17(25)15(19)23/h7-9,24-25H,2-6H2,1H3. The number of aromatic hydroxyl groups is 2. The smallest absolute Gasteiger partial charge is 0.148 e. The van der Waals surface area contributed by atoms with E-state index >= 15 is 0 Å². The van der Waals surface area contributed by atoms with E-state index in [1.165, 1.54) is 19.3 Å². The van der Waals surface area contributed by atoms with Gasteiger partial charge in [-0.15, -0.1) is 0 Å². The zero-order chi connectivity index (χ0) is 19.0.